The van der Waals surface area contributed by atoms with Crippen LogP contribution in [0, 0.1) is 0 Å². The van der Waals surface area contributed by atoms with E-state index in [0.29, 0.717) is 29.2 Å². The molecule has 0 bridgehead atoms. The molecule has 0 aliphatic heterocycles. The summed E-state index contributed by atoms with van der Waals surface area (Å²) in [5.74, 6) is 0.430. The number of unbranched alkanes of at least 4 members (excludes halogenated alkanes) is 1. The molecule has 0 saturated heterocycles. The first kappa shape index (κ1) is 20.8. The highest BCUT2D eigenvalue weighted by atomic mass is 32.2. The van der Waals surface area contributed by atoms with Crippen molar-refractivity contribution in [3.8, 4) is 5.75 Å². The molecule has 1 heterocycles. The predicted molar refractivity (Wildman–Crippen MR) is 108 cm³/mol. The summed E-state index contributed by atoms with van der Waals surface area (Å²) < 4.78 is 35.9. The van der Waals surface area contributed by atoms with E-state index in [-0.39, 0.29) is 11.5 Å². The van der Waals surface area contributed by atoms with E-state index in [2.05, 4.69) is 11.9 Å². The number of fused-ring (bicyclic) bond motifs is 1. The van der Waals surface area contributed by atoms with E-state index >= 15 is 0 Å². The Balaban J connectivity index is 1.91. The van der Waals surface area contributed by atoms with Crippen molar-refractivity contribution in [3.05, 3.63) is 53.9 Å². The minimum Gasteiger partial charge on any atom is -0.496 e. The Morgan fingerprint density at radius 3 is 2.66 bits per heavy atom. The SMILES string of the molecule is CCCCn1c(COC(=O)c2ccccc2OC)nc2cc(S(N)(=O)=O)ccc21. The highest BCUT2D eigenvalue weighted by Crippen LogP contribution is 2.23. The molecule has 0 radical (unpaired) electrons. The van der Waals surface area contributed by atoms with Crippen molar-refractivity contribution >= 4 is 27.0 Å². The summed E-state index contributed by atoms with van der Waals surface area (Å²) in [6, 6.07) is 11.4. The molecular formula is C20H23N3O5S. The number of nitrogens with two attached hydrogens (primary N) is 1. The molecule has 154 valence electrons. The van der Waals surface area contributed by atoms with Crippen molar-refractivity contribution in [1.29, 1.82) is 0 Å². The highest BCUT2D eigenvalue weighted by Gasteiger charge is 2.18. The zero-order valence-electron chi connectivity index (χ0n) is 16.3. The first-order chi connectivity index (χ1) is 13.8. The van der Waals surface area contributed by atoms with E-state index in [1.807, 2.05) is 4.57 Å². The maximum absolute atomic E-state index is 12.5. The predicted octanol–water partition coefficient (Wildman–Crippen LogP) is 2.85. The van der Waals surface area contributed by atoms with Gasteiger partial charge < -0.3 is 14.0 Å². The zero-order valence-corrected chi connectivity index (χ0v) is 17.1. The molecule has 2 N–H and O–H groups in total. The number of benzene rings is 2. The van der Waals surface area contributed by atoms with Crippen molar-refractivity contribution in [3.63, 3.8) is 0 Å². The minimum absolute atomic E-state index is 0.0114. The Morgan fingerprint density at radius 1 is 1.21 bits per heavy atom. The molecule has 1 aromatic heterocycles. The molecule has 0 spiro atoms. The normalized spacial score (nSPS) is 11.6. The number of methoxy groups -OCH3 is 1. The summed E-state index contributed by atoms with van der Waals surface area (Å²) in [6.45, 7) is 2.68. The number of hydrogen-bond donors (Lipinski definition) is 1. The van der Waals surface area contributed by atoms with Crippen molar-refractivity contribution in [2.75, 3.05) is 7.11 Å². The number of esters is 1. The van der Waals surface area contributed by atoms with Crippen LogP contribution < -0.4 is 9.88 Å². The van der Waals surface area contributed by atoms with Crippen LogP contribution in [-0.2, 0) is 27.9 Å². The number of para-hydroxylation sites is 1. The van der Waals surface area contributed by atoms with Crippen LogP contribution in [-0.4, -0.2) is 31.0 Å². The van der Waals surface area contributed by atoms with Crippen LogP contribution in [0.5, 0.6) is 5.75 Å². The van der Waals surface area contributed by atoms with Gasteiger partial charge in [0, 0.05) is 6.54 Å². The van der Waals surface area contributed by atoms with E-state index in [1.165, 1.54) is 19.2 Å². The number of sulfonamides is 1. The largest absolute Gasteiger partial charge is 0.496 e. The topological polar surface area (TPSA) is 114 Å². The number of ether oxygens (including phenoxy) is 2. The number of hydrogen-bond acceptors (Lipinski definition) is 6. The van der Waals surface area contributed by atoms with E-state index in [0.717, 1.165) is 18.4 Å². The number of aromatic nitrogens is 2. The quantitative estimate of drug-likeness (QED) is 0.564. The maximum Gasteiger partial charge on any atom is 0.342 e. The van der Waals surface area contributed by atoms with Crippen LogP contribution in [0.2, 0.25) is 0 Å². The fourth-order valence-electron chi connectivity index (χ4n) is 3.03. The molecule has 0 fully saturated rings. The van der Waals surface area contributed by atoms with E-state index in [1.54, 1.807) is 30.3 Å². The molecule has 0 unspecified atom stereocenters. The zero-order chi connectivity index (χ0) is 21.0. The Hall–Kier alpha value is -2.91. The standard InChI is InChI=1S/C20H23N3O5S/c1-3-4-11-23-17-10-9-14(29(21,25)26)12-16(17)22-19(23)13-28-20(24)15-7-5-6-8-18(15)27-2/h5-10,12H,3-4,11,13H2,1-2H3,(H2,21,25,26). The summed E-state index contributed by atoms with van der Waals surface area (Å²) in [4.78, 5) is 17.0. The van der Waals surface area contributed by atoms with Crippen LogP contribution in [0.25, 0.3) is 11.0 Å². The van der Waals surface area contributed by atoms with Gasteiger partial charge in [-0.1, -0.05) is 25.5 Å². The lowest BCUT2D eigenvalue weighted by Crippen LogP contribution is -2.12. The average Bonchev–Trinajstić information content (AvgIpc) is 3.06. The van der Waals surface area contributed by atoms with Gasteiger partial charge in [0.25, 0.3) is 0 Å². The van der Waals surface area contributed by atoms with Crippen molar-refractivity contribution in [2.24, 2.45) is 5.14 Å². The lowest BCUT2D eigenvalue weighted by atomic mass is 10.2. The molecule has 3 rings (SSSR count). The summed E-state index contributed by atoms with van der Waals surface area (Å²) in [5.41, 5.74) is 1.56. The van der Waals surface area contributed by atoms with Crippen LogP contribution >= 0.6 is 0 Å². The van der Waals surface area contributed by atoms with Gasteiger partial charge in [-0.3, -0.25) is 0 Å². The average molecular weight is 417 g/mol. The fraction of sp³-hybridized carbons (Fsp3) is 0.300. The summed E-state index contributed by atoms with van der Waals surface area (Å²) in [6.07, 6.45) is 1.87. The highest BCUT2D eigenvalue weighted by molar-refractivity contribution is 7.89. The minimum atomic E-state index is -3.83. The lowest BCUT2D eigenvalue weighted by molar-refractivity contribution is 0.0454. The summed E-state index contributed by atoms with van der Waals surface area (Å²) in [7, 11) is -2.35. The van der Waals surface area contributed by atoms with Crippen LogP contribution in [0.3, 0.4) is 0 Å². The van der Waals surface area contributed by atoms with Gasteiger partial charge in [-0.2, -0.15) is 0 Å². The third-order valence-corrected chi connectivity index (χ3v) is 5.43. The van der Waals surface area contributed by atoms with Crippen molar-refractivity contribution < 1.29 is 22.7 Å². The van der Waals surface area contributed by atoms with Crippen LogP contribution in [0.4, 0.5) is 0 Å². The van der Waals surface area contributed by atoms with Gasteiger partial charge in [0.1, 0.15) is 23.7 Å². The van der Waals surface area contributed by atoms with Gasteiger partial charge in [-0.05, 0) is 36.8 Å². The molecule has 0 atom stereocenters. The number of aryl methyl sites for hydroxylation is 1. The molecule has 8 nitrogen and oxygen atoms in total. The number of carbonyl (C=O) groups is 1. The Kier molecular flexibility index (Phi) is 6.19. The Morgan fingerprint density at radius 2 is 1.97 bits per heavy atom. The molecule has 9 heteroatoms. The number of nitrogens with zero attached hydrogens (tertiary/aromatic N) is 2. The number of rotatable bonds is 8. The first-order valence-electron chi connectivity index (χ1n) is 9.17. The molecule has 2 aromatic carbocycles. The van der Waals surface area contributed by atoms with Crippen LogP contribution in [0.15, 0.2) is 47.4 Å². The molecular weight excluding hydrogens is 394 g/mol. The first-order valence-corrected chi connectivity index (χ1v) is 10.7. The number of primary sulfonamides is 1. The molecule has 29 heavy (non-hydrogen) atoms. The third-order valence-electron chi connectivity index (χ3n) is 4.52. The van der Waals surface area contributed by atoms with Crippen molar-refractivity contribution in [1.82, 2.24) is 9.55 Å². The summed E-state index contributed by atoms with van der Waals surface area (Å²) in [5, 5.41) is 5.22. The van der Waals surface area contributed by atoms with Gasteiger partial charge in [0.05, 0.1) is 23.0 Å². The molecule has 0 saturated carbocycles. The lowest BCUT2D eigenvalue weighted by Gasteiger charge is -2.11. The van der Waals surface area contributed by atoms with Gasteiger partial charge in [-0.25, -0.2) is 23.3 Å². The van der Waals surface area contributed by atoms with Gasteiger partial charge >= 0.3 is 5.97 Å². The second-order valence-corrected chi connectivity index (χ2v) is 8.07. The van der Waals surface area contributed by atoms with Crippen molar-refractivity contribution in [2.45, 2.75) is 37.8 Å². The maximum atomic E-state index is 12.5. The summed E-state index contributed by atoms with van der Waals surface area (Å²) >= 11 is 0. The fourth-order valence-corrected chi connectivity index (χ4v) is 3.57. The van der Waals surface area contributed by atoms with Gasteiger partial charge in [-0.15, -0.1) is 0 Å². The molecule has 0 aliphatic carbocycles. The monoisotopic (exact) mass is 417 g/mol. The van der Waals surface area contributed by atoms with Crippen LogP contribution in [0.1, 0.15) is 35.9 Å². The Bertz CT molecular complexity index is 1140. The van der Waals surface area contributed by atoms with Gasteiger partial charge in [0.2, 0.25) is 10.0 Å². The van der Waals surface area contributed by atoms with Gasteiger partial charge in [0.15, 0.2) is 0 Å². The third kappa shape index (κ3) is 4.57. The molecule has 0 amide bonds. The number of carbonyl (C=O) groups excluding carboxylic acids is 1. The Labute approximate surface area is 169 Å². The van der Waals surface area contributed by atoms with E-state index < -0.39 is 16.0 Å². The second kappa shape index (κ2) is 8.62. The molecule has 0 aliphatic rings. The smallest absolute Gasteiger partial charge is 0.342 e. The van der Waals surface area contributed by atoms with E-state index in [4.69, 9.17) is 14.6 Å². The molecule has 3 aromatic rings. The van der Waals surface area contributed by atoms with E-state index in [9.17, 15) is 13.2 Å². The second-order valence-electron chi connectivity index (χ2n) is 6.51. The number of imidazole rings is 1.